The van der Waals surface area contributed by atoms with Crippen LogP contribution in [0, 0.1) is 5.92 Å². The number of rotatable bonds is 14. The number of nitrogens with one attached hydrogen (secondary N) is 2. The molecule has 1 saturated carbocycles. The molecule has 1 aromatic carbocycles. The first-order chi connectivity index (χ1) is 12.9. The summed E-state index contributed by atoms with van der Waals surface area (Å²) in [6, 6.07) is 10.5. The fraction of sp³-hybridized carbons (Fsp3) is 0.667. The molecular formula is C21H36IN3O2. The van der Waals surface area contributed by atoms with Gasteiger partial charge in [0.25, 0.3) is 0 Å². The van der Waals surface area contributed by atoms with E-state index in [1.54, 1.807) is 0 Å². The zero-order chi connectivity index (χ0) is 18.3. The fourth-order valence-corrected chi connectivity index (χ4v) is 2.61. The molecule has 0 bridgehead atoms. The quantitative estimate of drug-likeness (QED) is 0.182. The van der Waals surface area contributed by atoms with Gasteiger partial charge in [-0.05, 0) is 50.0 Å². The SMILES string of the molecule is CN=C(NCCCCOCCc1ccccc1)NCCCOCC1CC1.I. The van der Waals surface area contributed by atoms with Crippen molar-refractivity contribution in [3.8, 4) is 0 Å². The molecule has 2 rings (SSSR count). The van der Waals surface area contributed by atoms with E-state index in [2.05, 4.69) is 39.9 Å². The molecule has 0 amide bonds. The number of benzene rings is 1. The second kappa shape index (κ2) is 16.1. The summed E-state index contributed by atoms with van der Waals surface area (Å²) in [6.45, 7) is 5.20. The molecule has 1 aliphatic rings. The largest absolute Gasteiger partial charge is 0.381 e. The maximum atomic E-state index is 5.71. The van der Waals surface area contributed by atoms with Gasteiger partial charge in [0.2, 0.25) is 0 Å². The van der Waals surface area contributed by atoms with E-state index in [0.29, 0.717) is 0 Å². The van der Waals surface area contributed by atoms with Gasteiger partial charge < -0.3 is 20.1 Å². The van der Waals surface area contributed by atoms with Gasteiger partial charge in [-0.15, -0.1) is 24.0 Å². The molecule has 0 saturated heterocycles. The summed E-state index contributed by atoms with van der Waals surface area (Å²) in [6.07, 6.45) is 6.85. The van der Waals surface area contributed by atoms with Gasteiger partial charge in [-0.1, -0.05) is 30.3 Å². The number of nitrogens with zero attached hydrogens (tertiary/aromatic N) is 1. The average Bonchev–Trinajstić information content (AvgIpc) is 3.50. The Labute approximate surface area is 181 Å². The molecule has 0 radical (unpaired) electrons. The minimum atomic E-state index is 0. The Balaban J connectivity index is 0.00000364. The lowest BCUT2D eigenvalue weighted by molar-refractivity contribution is 0.123. The molecule has 0 aliphatic heterocycles. The van der Waals surface area contributed by atoms with Crippen LogP contribution in [-0.4, -0.2) is 52.5 Å². The molecule has 0 atom stereocenters. The lowest BCUT2D eigenvalue weighted by Crippen LogP contribution is -2.38. The van der Waals surface area contributed by atoms with Gasteiger partial charge in [0.1, 0.15) is 0 Å². The van der Waals surface area contributed by atoms with Gasteiger partial charge in [-0.25, -0.2) is 0 Å². The maximum absolute atomic E-state index is 5.71. The molecular weight excluding hydrogens is 453 g/mol. The normalized spacial score (nSPS) is 13.9. The molecule has 0 aromatic heterocycles. The lowest BCUT2D eigenvalue weighted by Gasteiger charge is -2.12. The summed E-state index contributed by atoms with van der Waals surface area (Å²) in [4.78, 5) is 4.25. The van der Waals surface area contributed by atoms with Gasteiger partial charge in [-0.2, -0.15) is 0 Å². The topological polar surface area (TPSA) is 54.9 Å². The van der Waals surface area contributed by atoms with Crippen molar-refractivity contribution < 1.29 is 9.47 Å². The van der Waals surface area contributed by atoms with E-state index < -0.39 is 0 Å². The van der Waals surface area contributed by atoms with Crippen molar-refractivity contribution in [1.82, 2.24) is 10.6 Å². The first-order valence-electron chi connectivity index (χ1n) is 10.0. The molecule has 0 heterocycles. The molecule has 154 valence electrons. The van der Waals surface area contributed by atoms with Crippen LogP contribution in [0.1, 0.15) is 37.7 Å². The Bertz CT molecular complexity index is 495. The number of hydrogen-bond donors (Lipinski definition) is 2. The van der Waals surface area contributed by atoms with E-state index in [-0.39, 0.29) is 24.0 Å². The van der Waals surface area contributed by atoms with Crippen molar-refractivity contribution in [2.24, 2.45) is 10.9 Å². The maximum Gasteiger partial charge on any atom is 0.190 e. The van der Waals surface area contributed by atoms with E-state index in [4.69, 9.17) is 9.47 Å². The number of guanidine groups is 1. The molecule has 27 heavy (non-hydrogen) atoms. The predicted molar refractivity (Wildman–Crippen MR) is 123 cm³/mol. The van der Waals surface area contributed by atoms with Crippen LogP contribution in [0.5, 0.6) is 0 Å². The zero-order valence-corrected chi connectivity index (χ0v) is 19.0. The monoisotopic (exact) mass is 489 g/mol. The first kappa shape index (κ1) is 24.2. The third kappa shape index (κ3) is 13.0. The van der Waals surface area contributed by atoms with Gasteiger partial charge in [0, 0.05) is 40.0 Å². The zero-order valence-electron chi connectivity index (χ0n) is 16.6. The van der Waals surface area contributed by atoms with Crippen molar-refractivity contribution in [2.75, 3.05) is 46.6 Å². The summed E-state index contributed by atoms with van der Waals surface area (Å²) in [7, 11) is 1.81. The summed E-state index contributed by atoms with van der Waals surface area (Å²) in [5.74, 6) is 1.72. The molecule has 2 N–H and O–H groups in total. The standard InChI is InChI=1S/C21H35N3O2.HI/c1-22-21(24-14-7-16-26-18-20-10-11-20)23-13-5-6-15-25-17-12-19-8-3-2-4-9-19;/h2-4,8-9,20H,5-7,10-18H2,1H3,(H2,22,23,24);1H. The minimum absolute atomic E-state index is 0. The van der Waals surface area contributed by atoms with Crippen molar-refractivity contribution in [3.05, 3.63) is 35.9 Å². The van der Waals surface area contributed by atoms with Crippen LogP contribution in [0.2, 0.25) is 0 Å². The van der Waals surface area contributed by atoms with E-state index >= 15 is 0 Å². The minimum Gasteiger partial charge on any atom is -0.381 e. The smallest absolute Gasteiger partial charge is 0.190 e. The lowest BCUT2D eigenvalue weighted by atomic mass is 10.2. The number of ether oxygens (including phenoxy) is 2. The molecule has 0 unspecified atom stereocenters. The predicted octanol–water partition coefficient (Wildman–Crippen LogP) is 3.63. The van der Waals surface area contributed by atoms with E-state index in [1.165, 1.54) is 18.4 Å². The Morgan fingerprint density at radius 3 is 2.37 bits per heavy atom. The summed E-state index contributed by atoms with van der Waals surface area (Å²) in [5.41, 5.74) is 1.34. The number of unbranched alkanes of at least 4 members (excludes halogenated alkanes) is 1. The molecule has 1 fully saturated rings. The summed E-state index contributed by atoms with van der Waals surface area (Å²) in [5, 5.41) is 6.68. The first-order valence-corrected chi connectivity index (χ1v) is 10.0. The number of hydrogen-bond acceptors (Lipinski definition) is 3. The fourth-order valence-electron chi connectivity index (χ4n) is 2.61. The summed E-state index contributed by atoms with van der Waals surface area (Å²) < 4.78 is 11.3. The van der Waals surface area contributed by atoms with Crippen LogP contribution in [0.15, 0.2) is 35.3 Å². The highest BCUT2D eigenvalue weighted by Crippen LogP contribution is 2.28. The number of aliphatic imine (C=N–C) groups is 1. The highest BCUT2D eigenvalue weighted by molar-refractivity contribution is 14.0. The molecule has 1 aromatic rings. The van der Waals surface area contributed by atoms with Crippen molar-refractivity contribution in [1.29, 1.82) is 0 Å². The van der Waals surface area contributed by atoms with Crippen molar-refractivity contribution >= 4 is 29.9 Å². The van der Waals surface area contributed by atoms with Crippen molar-refractivity contribution in [2.45, 2.75) is 38.5 Å². The highest BCUT2D eigenvalue weighted by atomic mass is 127. The third-order valence-corrected chi connectivity index (χ3v) is 4.42. The second-order valence-corrected chi connectivity index (χ2v) is 6.85. The van der Waals surface area contributed by atoms with E-state index in [0.717, 1.165) is 77.1 Å². The van der Waals surface area contributed by atoms with E-state index in [9.17, 15) is 0 Å². The van der Waals surface area contributed by atoms with Crippen LogP contribution in [0.4, 0.5) is 0 Å². The van der Waals surface area contributed by atoms with Gasteiger partial charge in [0.15, 0.2) is 5.96 Å². The van der Waals surface area contributed by atoms with Crippen LogP contribution in [0.3, 0.4) is 0 Å². The summed E-state index contributed by atoms with van der Waals surface area (Å²) >= 11 is 0. The highest BCUT2D eigenvalue weighted by Gasteiger charge is 2.20. The Kier molecular flexibility index (Phi) is 14.4. The average molecular weight is 489 g/mol. The number of halogens is 1. The molecule has 0 spiro atoms. The molecule has 5 nitrogen and oxygen atoms in total. The van der Waals surface area contributed by atoms with E-state index in [1.807, 2.05) is 13.1 Å². The Morgan fingerprint density at radius 1 is 0.963 bits per heavy atom. The Hall–Kier alpha value is -0.860. The van der Waals surface area contributed by atoms with Gasteiger partial charge in [-0.3, -0.25) is 4.99 Å². The second-order valence-electron chi connectivity index (χ2n) is 6.85. The van der Waals surface area contributed by atoms with Gasteiger partial charge >= 0.3 is 0 Å². The van der Waals surface area contributed by atoms with Crippen molar-refractivity contribution in [3.63, 3.8) is 0 Å². The van der Waals surface area contributed by atoms with Crippen LogP contribution in [-0.2, 0) is 15.9 Å². The molecule has 6 heteroatoms. The van der Waals surface area contributed by atoms with Crippen LogP contribution >= 0.6 is 24.0 Å². The van der Waals surface area contributed by atoms with Crippen LogP contribution in [0.25, 0.3) is 0 Å². The Morgan fingerprint density at radius 2 is 1.67 bits per heavy atom. The third-order valence-electron chi connectivity index (χ3n) is 4.42. The van der Waals surface area contributed by atoms with Gasteiger partial charge in [0.05, 0.1) is 6.61 Å². The molecule has 1 aliphatic carbocycles. The van der Waals surface area contributed by atoms with Crippen LogP contribution < -0.4 is 10.6 Å².